The van der Waals surface area contributed by atoms with Crippen LogP contribution in [0.15, 0.2) is 0 Å². The number of carbonyl (C=O) groups excluding carboxylic acids is 1. The second kappa shape index (κ2) is 5.14. The Morgan fingerprint density at radius 2 is 2.25 bits per heavy atom. The number of anilines is 2. The predicted molar refractivity (Wildman–Crippen MR) is 63.4 cm³/mol. The van der Waals surface area contributed by atoms with Crippen molar-refractivity contribution in [2.45, 2.75) is 20.5 Å². The van der Waals surface area contributed by atoms with E-state index in [2.05, 4.69) is 10.3 Å². The highest BCUT2D eigenvalue weighted by Crippen LogP contribution is 2.31. The Labute approximate surface area is 98.9 Å². The lowest BCUT2D eigenvalue weighted by atomic mass is 10.1. The number of hydrogen-bond acceptors (Lipinski definition) is 4. The first-order valence-electron chi connectivity index (χ1n) is 4.68. The largest absolute Gasteiger partial charge is 0.397 e. The van der Waals surface area contributed by atoms with Gasteiger partial charge >= 0.3 is 0 Å². The molecule has 0 radical (unpaired) electrons. The van der Waals surface area contributed by atoms with E-state index >= 15 is 0 Å². The number of hydrogen-bond donors (Lipinski definition) is 2. The van der Waals surface area contributed by atoms with Crippen LogP contribution in [0.3, 0.4) is 0 Å². The van der Waals surface area contributed by atoms with Crippen molar-refractivity contribution in [3.05, 3.63) is 16.4 Å². The van der Waals surface area contributed by atoms with Crippen LogP contribution < -0.4 is 11.1 Å². The Morgan fingerprint density at radius 3 is 2.75 bits per heavy atom. The fraction of sp³-hybridized carbons (Fsp3) is 0.400. The van der Waals surface area contributed by atoms with E-state index in [1.807, 2.05) is 0 Å². The van der Waals surface area contributed by atoms with Gasteiger partial charge in [0, 0.05) is 19.6 Å². The molecule has 6 heteroatoms. The standard InChI is InChI=1S/C10H14ClN3O2/c1-5-8(12)7(4-16-3)9(10(11)13-5)14-6(2)15/h4,12H2,1-3H3,(H,14,15). The molecule has 0 aromatic carbocycles. The highest BCUT2D eigenvalue weighted by molar-refractivity contribution is 6.32. The number of methoxy groups -OCH3 is 1. The van der Waals surface area contributed by atoms with Crippen molar-refractivity contribution in [2.24, 2.45) is 0 Å². The van der Waals surface area contributed by atoms with Crippen LogP contribution in [0, 0.1) is 6.92 Å². The number of halogens is 1. The summed E-state index contributed by atoms with van der Waals surface area (Å²) in [5, 5.41) is 2.82. The summed E-state index contributed by atoms with van der Waals surface area (Å²) in [5.41, 5.74) is 8.02. The molecule has 0 fully saturated rings. The van der Waals surface area contributed by atoms with Crippen LogP contribution in [-0.4, -0.2) is 18.0 Å². The van der Waals surface area contributed by atoms with Gasteiger partial charge in [-0.15, -0.1) is 0 Å². The summed E-state index contributed by atoms with van der Waals surface area (Å²) in [6, 6.07) is 0. The number of nitrogen functional groups attached to an aromatic ring is 1. The number of nitrogens with one attached hydrogen (secondary N) is 1. The van der Waals surface area contributed by atoms with E-state index in [4.69, 9.17) is 22.1 Å². The molecule has 88 valence electrons. The van der Waals surface area contributed by atoms with E-state index in [-0.39, 0.29) is 17.7 Å². The molecular formula is C10H14ClN3O2. The number of nitrogens with zero attached hydrogens (tertiary/aromatic N) is 1. The number of pyridine rings is 1. The molecule has 1 rings (SSSR count). The zero-order valence-electron chi connectivity index (χ0n) is 9.43. The second-order valence-corrected chi connectivity index (χ2v) is 3.73. The third kappa shape index (κ3) is 2.62. The van der Waals surface area contributed by atoms with E-state index in [0.717, 1.165) is 0 Å². The van der Waals surface area contributed by atoms with Crippen molar-refractivity contribution in [2.75, 3.05) is 18.2 Å². The molecule has 1 heterocycles. The monoisotopic (exact) mass is 243 g/mol. The summed E-state index contributed by atoms with van der Waals surface area (Å²) >= 11 is 5.95. The Morgan fingerprint density at radius 1 is 1.62 bits per heavy atom. The SMILES string of the molecule is COCc1c(N)c(C)nc(Cl)c1NC(C)=O. The van der Waals surface area contributed by atoms with Crippen molar-refractivity contribution >= 4 is 28.9 Å². The minimum atomic E-state index is -0.232. The van der Waals surface area contributed by atoms with Crippen LogP contribution in [0.5, 0.6) is 0 Å². The first kappa shape index (κ1) is 12.7. The van der Waals surface area contributed by atoms with Crippen LogP contribution in [0.4, 0.5) is 11.4 Å². The maximum absolute atomic E-state index is 11.0. The summed E-state index contributed by atoms with van der Waals surface area (Å²) in [5.74, 6) is -0.232. The molecule has 0 saturated carbocycles. The van der Waals surface area contributed by atoms with Crippen molar-refractivity contribution in [3.63, 3.8) is 0 Å². The third-order valence-electron chi connectivity index (χ3n) is 2.08. The molecule has 0 unspecified atom stereocenters. The normalized spacial score (nSPS) is 10.2. The van der Waals surface area contributed by atoms with Crippen LogP contribution in [-0.2, 0) is 16.1 Å². The van der Waals surface area contributed by atoms with Gasteiger partial charge in [-0.05, 0) is 6.92 Å². The minimum absolute atomic E-state index is 0.217. The first-order chi connectivity index (χ1) is 7.47. The van der Waals surface area contributed by atoms with Crippen LogP contribution in [0.1, 0.15) is 18.2 Å². The Hall–Kier alpha value is -1.33. The fourth-order valence-corrected chi connectivity index (χ4v) is 1.63. The van der Waals surface area contributed by atoms with Crippen molar-refractivity contribution in [3.8, 4) is 0 Å². The molecule has 0 aliphatic rings. The lowest BCUT2D eigenvalue weighted by Crippen LogP contribution is -2.12. The molecule has 1 aromatic rings. The van der Waals surface area contributed by atoms with Gasteiger partial charge < -0.3 is 15.8 Å². The average molecular weight is 244 g/mol. The van der Waals surface area contributed by atoms with E-state index < -0.39 is 0 Å². The molecule has 0 spiro atoms. The molecule has 16 heavy (non-hydrogen) atoms. The number of ether oxygens (including phenoxy) is 1. The maximum Gasteiger partial charge on any atom is 0.221 e. The first-order valence-corrected chi connectivity index (χ1v) is 5.06. The van der Waals surface area contributed by atoms with Gasteiger partial charge in [0.15, 0.2) is 5.15 Å². The number of carbonyl (C=O) groups is 1. The summed E-state index contributed by atoms with van der Waals surface area (Å²) < 4.78 is 5.02. The van der Waals surface area contributed by atoms with Crippen LogP contribution >= 0.6 is 11.6 Å². The van der Waals surface area contributed by atoms with Crippen molar-refractivity contribution < 1.29 is 9.53 Å². The summed E-state index contributed by atoms with van der Waals surface area (Å²) in [4.78, 5) is 15.1. The summed E-state index contributed by atoms with van der Waals surface area (Å²) in [7, 11) is 1.54. The van der Waals surface area contributed by atoms with E-state index in [9.17, 15) is 4.79 Å². The topological polar surface area (TPSA) is 77.2 Å². The number of nitrogens with two attached hydrogens (primary N) is 1. The molecule has 3 N–H and O–H groups in total. The highest BCUT2D eigenvalue weighted by Gasteiger charge is 2.15. The van der Waals surface area contributed by atoms with Crippen LogP contribution in [0.2, 0.25) is 5.15 Å². The summed E-state index contributed by atoms with van der Waals surface area (Å²) in [6.45, 7) is 3.41. The molecule has 0 aliphatic heterocycles. The van der Waals surface area contributed by atoms with Gasteiger partial charge in [-0.2, -0.15) is 0 Å². The minimum Gasteiger partial charge on any atom is -0.397 e. The zero-order chi connectivity index (χ0) is 12.3. The van der Waals surface area contributed by atoms with E-state index in [1.54, 1.807) is 14.0 Å². The van der Waals surface area contributed by atoms with Crippen molar-refractivity contribution in [1.29, 1.82) is 0 Å². The highest BCUT2D eigenvalue weighted by atomic mass is 35.5. The van der Waals surface area contributed by atoms with Gasteiger partial charge in [0.1, 0.15) is 0 Å². The smallest absolute Gasteiger partial charge is 0.221 e. The third-order valence-corrected chi connectivity index (χ3v) is 2.35. The Kier molecular flexibility index (Phi) is 4.09. The predicted octanol–water partition coefficient (Wildman–Crippen LogP) is 1.73. The van der Waals surface area contributed by atoms with E-state index in [0.29, 0.717) is 22.6 Å². The quantitative estimate of drug-likeness (QED) is 0.793. The van der Waals surface area contributed by atoms with Crippen molar-refractivity contribution in [1.82, 2.24) is 4.98 Å². The zero-order valence-corrected chi connectivity index (χ0v) is 10.2. The summed E-state index contributed by atoms with van der Waals surface area (Å²) in [6.07, 6.45) is 0. The number of aryl methyl sites for hydroxylation is 1. The lowest BCUT2D eigenvalue weighted by Gasteiger charge is -2.14. The van der Waals surface area contributed by atoms with Gasteiger partial charge in [0.05, 0.1) is 23.7 Å². The molecule has 0 saturated heterocycles. The number of aromatic nitrogens is 1. The molecule has 5 nitrogen and oxygen atoms in total. The van der Waals surface area contributed by atoms with Gasteiger partial charge in [0.25, 0.3) is 0 Å². The second-order valence-electron chi connectivity index (χ2n) is 3.37. The lowest BCUT2D eigenvalue weighted by molar-refractivity contribution is -0.114. The van der Waals surface area contributed by atoms with Gasteiger partial charge in [0.2, 0.25) is 5.91 Å². The van der Waals surface area contributed by atoms with Gasteiger partial charge in [-0.25, -0.2) is 4.98 Å². The number of amides is 1. The molecule has 1 amide bonds. The number of rotatable bonds is 3. The fourth-order valence-electron chi connectivity index (χ4n) is 1.34. The molecular weight excluding hydrogens is 230 g/mol. The molecule has 0 bridgehead atoms. The molecule has 0 aliphatic carbocycles. The average Bonchev–Trinajstić information content (AvgIpc) is 2.19. The Bertz CT molecular complexity index is 421. The van der Waals surface area contributed by atoms with Gasteiger partial charge in [-0.3, -0.25) is 4.79 Å². The maximum atomic E-state index is 11.0. The Balaban J connectivity index is 3.31. The van der Waals surface area contributed by atoms with E-state index in [1.165, 1.54) is 6.92 Å². The van der Waals surface area contributed by atoms with Gasteiger partial charge in [-0.1, -0.05) is 11.6 Å². The molecule has 1 aromatic heterocycles. The molecule has 0 atom stereocenters. The van der Waals surface area contributed by atoms with Crippen LogP contribution in [0.25, 0.3) is 0 Å².